The maximum atomic E-state index is 12.7. The number of aromatic nitrogens is 2. The highest BCUT2D eigenvalue weighted by atomic mass is 16.4. The monoisotopic (exact) mass is 279 g/mol. The average Bonchev–Trinajstić information content (AvgIpc) is 2.88. The van der Waals surface area contributed by atoms with Crippen molar-refractivity contribution in [2.75, 3.05) is 4.90 Å². The van der Waals surface area contributed by atoms with Crippen LogP contribution in [0.15, 0.2) is 6.20 Å². The molecule has 1 heterocycles. The van der Waals surface area contributed by atoms with Gasteiger partial charge in [0.2, 0.25) is 5.91 Å². The second kappa shape index (κ2) is 6.07. The second-order valence-corrected chi connectivity index (χ2v) is 5.56. The summed E-state index contributed by atoms with van der Waals surface area (Å²) in [5, 5.41) is 15.7. The zero-order chi connectivity index (χ0) is 14.7. The highest BCUT2D eigenvalue weighted by molar-refractivity contribution is 6.01. The third-order valence-electron chi connectivity index (χ3n) is 3.79. The van der Waals surface area contributed by atoms with Crippen molar-refractivity contribution in [2.24, 2.45) is 5.92 Å². The number of hydrogen-bond acceptors (Lipinski definition) is 3. The summed E-state index contributed by atoms with van der Waals surface area (Å²) >= 11 is 0. The van der Waals surface area contributed by atoms with E-state index in [9.17, 15) is 14.7 Å². The molecular weight excluding hydrogens is 258 g/mol. The molecule has 1 aromatic rings. The molecule has 0 radical (unpaired) electrons. The molecular formula is C14H21N3O3. The van der Waals surface area contributed by atoms with E-state index in [-0.39, 0.29) is 29.2 Å². The fourth-order valence-corrected chi connectivity index (χ4v) is 2.77. The molecule has 1 aromatic heterocycles. The molecule has 0 spiro atoms. The minimum Gasteiger partial charge on any atom is -0.477 e. The molecule has 0 aliphatic heterocycles. The van der Waals surface area contributed by atoms with Crippen LogP contribution in [0.2, 0.25) is 0 Å². The van der Waals surface area contributed by atoms with Gasteiger partial charge in [-0.2, -0.15) is 5.10 Å². The number of aromatic amines is 1. The molecule has 1 aliphatic rings. The molecule has 1 aliphatic carbocycles. The van der Waals surface area contributed by atoms with E-state index < -0.39 is 5.97 Å². The van der Waals surface area contributed by atoms with Crippen molar-refractivity contribution in [1.29, 1.82) is 0 Å². The van der Waals surface area contributed by atoms with Crippen molar-refractivity contribution < 1.29 is 14.7 Å². The van der Waals surface area contributed by atoms with E-state index >= 15 is 0 Å². The molecule has 0 unspecified atom stereocenters. The van der Waals surface area contributed by atoms with Crippen LogP contribution in [-0.2, 0) is 4.79 Å². The van der Waals surface area contributed by atoms with Gasteiger partial charge in [-0.15, -0.1) is 0 Å². The Hall–Kier alpha value is -1.85. The molecule has 6 nitrogen and oxygen atoms in total. The van der Waals surface area contributed by atoms with Gasteiger partial charge in [-0.05, 0) is 26.7 Å². The second-order valence-electron chi connectivity index (χ2n) is 5.56. The number of rotatable bonds is 4. The van der Waals surface area contributed by atoms with Crippen molar-refractivity contribution in [1.82, 2.24) is 10.2 Å². The molecule has 2 rings (SSSR count). The van der Waals surface area contributed by atoms with Gasteiger partial charge in [0.1, 0.15) is 5.56 Å². The molecule has 0 atom stereocenters. The third kappa shape index (κ3) is 2.84. The van der Waals surface area contributed by atoms with Crippen molar-refractivity contribution in [3.63, 3.8) is 0 Å². The summed E-state index contributed by atoms with van der Waals surface area (Å²) in [5.41, 5.74) is 0.0443. The highest BCUT2D eigenvalue weighted by Crippen LogP contribution is 2.29. The lowest BCUT2D eigenvalue weighted by atomic mass is 9.88. The van der Waals surface area contributed by atoms with E-state index in [2.05, 4.69) is 10.2 Å². The Morgan fingerprint density at radius 1 is 1.35 bits per heavy atom. The maximum Gasteiger partial charge on any atom is 0.341 e. The molecule has 20 heavy (non-hydrogen) atoms. The fraction of sp³-hybridized carbons (Fsp3) is 0.643. The lowest BCUT2D eigenvalue weighted by molar-refractivity contribution is -0.123. The van der Waals surface area contributed by atoms with E-state index in [1.54, 1.807) is 0 Å². The van der Waals surface area contributed by atoms with E-state index in [4.69, 9.17) is 0 Å². The van der Waals surface area contributed by atoms with Gasteiger partial charge in [-0.25, -0.2) is 4.79 Å². The minimum absolute atomic E-state index is 0.00528. The number of amides is 1. The molecule has 0 saturated heterocycles. The van der Waals surface area contributed by atoms with Gasteiger partial charge in [0.05, 0.1) is 0 Å². The summed E-state index contributed by atoms with van der Waals surface area (Å²) in [7, 11) is 0. The Morgan fingerprint density at radius 2 is 2.00 bits per heavy atom. The summed E-state index contributed by atoms with van der Waals surface area (Å²) in [5.74, 6) is -0.863. The van der Waals surface area contributed by atoms with Gasteiger partial charge in [0, 0.05) is 18.2 Å². The van der Waals surface area contributed by atoms with E-state index in [0.29, 0.717) is 0 Å². The summed E-state index contributed by atoms with van der Waals surface area (Å²) in [6.07, 6.45) is 6.39. The molecule has 1 saturated carbocycles. The number of nitrogens with one attached hydrogen (secondary N) is 1. The minimum atomic E-state index is -1.07. The Balaban J connectivity index is 2.28. The van der Waals surface area contributed by atoms with E-state index in [1.165, 1.54) is 17.5 Å². The number of nitrogens with zero attached hydrogens (tertiary/aromatic N) is 2. The normalized spacial score (nSPS) is 16.4. The topological polar surface area (TPSA) is 86.3 Å². The van der Waals surface area contributed by atoms with Crippen molar-refractivity contribution in [3.05, 3.63) is 11.8 Å². The third-order valence-corrected chi connectivity index (χ3v) is 3.79. The Labute approximate surface area is 118 Å². The standard InChI is InChI=1S/C14H21N3O3/c1-9(2)17(12-11(14(19)20)8-15-16-12)13(18)10-6-4-3-5-7-10/h8-10H,3-7H2,1-2H3,(H,15,16)(H,19,20). The van der Waals surface area contributed by atoms with Crippen molar-refractivity contribution in [3.8, 4) is 0 Å². The van der Waals surface area contributed by atoms with E-state index in [1.807, 2.05) is 13.8 Å². The number of carbonyl (C=O) groups is 2. The van der Waals surface area contributed by atoms with Crippen LogP contribution in [0.3, 0.4) is 0 Å². The van der Waals surface area contributed by atoms with Crippen LogP contribution in [0.5, 0.6) is 0 Å². The van der Waals surface area contributed by atoms with Crippen LogP contribution in [0.4, 0.5) is 5.82 Å². The van der Waals surface area contributed by atoms with Crippen LogP contribution in [0.25, 0.3) is 0 Å². The average molecular weight is 279 g/mol. The fourth-order valence-electron chi connectivity index (χ4n) is 2.77. The predicted molar refractivity (Wildman–Crippen MR) is 74.7 cm³/mol. The first-order valence-electron chi connectivity index (χ1n) is 7.12. The van der Waals surface area contributed by atoms with Gasteiger partial charge >= 0.3 is 5.97 Å². The van der Waals surface area contributed by atoms with Gasteiger partial charge in [0.15, 0.2) is 5.82 Å². The van der Waals surface area contributed by atoms with Crippen molar-refractivity contribution in [2.45, 2.75) is 52.0 Å². The first-order chi connectivity index (χ1) is 9.52. The SMILES string of the molecule is CC(C)N(C(=O)C1CCCCC1)c1n[nH]cc1C(=O)O. The zero-order valence-corrected chi connectivity index (χ0v) is 11.9. The van der Waals surface area contributed by atoms with E-state index in [0.717, 1.165) is 25.7 Å². The maximum absolute atomic E-state index is 12.7. The quantitative estimate of drug-likeness (QED) is 0.886. The summed E-state index contributed by atoms with van der Waals surface area (Å²) in [4.78, 5) is 25.4. The summed E-state index contributed by atoms with van der Waals surface area (Å²) in [6.45, 7) is 3.75. The van der Waals surface area contributed by atoms with Crippen LogP contribution >= 0.6 is 0 Å². The number of hydrogen-bond donors (Lipinski definition) is 2. The Morgan fingerprint density at radius 3 is 2.55 bits per heavy atom. The van der Waals surface area contributed by atoms with Crippen LogP contribution in [0.1, 0.15) is 56.3 Å². The van der Waals surface area contributed by atoms with Crippen molar-refractivity contribution >= 4 is 17.7 Å². The summed E-state index contributed by atoms with van der Waals surface area (Å²) < 4.78 is 0. The number of carboxylic acid groups (broad SMARTS) is 1. The Bertz CT molecular complexity index is 490. The number of carboxylic acids is 1. The Kier molecular flexibility index (Phi) is 4.42. The largest absolute Gasteiger partial charge is 0.477 e. The van der Waals surface area contributed by atoms with Crippen LogP contribution in [0, 0.1) is 5.92 Å². The molecule has 2 N–H and O–H groups in total. The molecule has 110 valence electrons. The molecule has 1 amide bonds. The van der Waals surface area contributed by atoms with Gasteiger partial charge in [-0.3, -0.25) is 14.8 Å². The number of anilines is 1. The van der Waals surface area contributed by atoms with Crippen LogP contribution in [-0.4, -0.2) is 33.2 Å². The molecule has 6 heteroatoms. The number of aromatic carboxylic acids is 1. The van der Waals surface area contributed by atoms with Crippen LogP contribution < -0.4 is 4.90 Å². The lowest BCUT2D eigenvalue weighted by Gasteiger charge is -2.31. The zero-order valence-electron chi connectivity index (χ0n) is 11.9. The first kappa shape index (κ1) is 14.6. The first-order valence-corrected chi connectivity index (χ1v) is 7.12. The number of H-pyrrole nitrogens is 1. The van der Waals surface area contributed by atoms with Gasteiger partial charge in [0.25, 0.3) is 0 Å². The highest BCUT2D eigenvalue weighted by Gasteiger charge is 2.32. The predicted octanol–water partition coefficient (Wildman–Crippen LogP) is 2.43. The molecule has 0 aromatic carbocycles. The molecule has 0 bridgehead atoms. The van der Waals surface area contributed by atoms with Gasteiger partial charge in [-0.1, -0.05) is 19.3 Å². The summed E-state index contributed by atoms with van der Waals surface area (Å²) in [6, 6.07) is -0.120. The molecule has 1 fully saturated rings. The smallest absolute Gasteiger partial charge is 0.341 e. The van der Waals surface area contributed by atoms with Gasteiger partial charge < -0.3 is 5.11 Å². The number of carbonyl (C=O) groups excluding carboxylic acids is 1. The lowest BCUT2D eigenvalue weighted by Crippen LogP contribution is -2.42.